The van der Waals surface area contributed by atoms with E-state index in [1.807, 2.05) is 17.5 Å². The predicted molar refractivity (Wildman–Crippen MR) is 68.0 cm³/mol. The van der Waals surface area contributed by atoms with Gasteiger partial charge in [-0.1, -0.05) is 6.07 Å². The van der Waals surface area contributed by atoms with Crippen LogP contribution in [0.15, 0.2) is 29.6 Å². The van der Waals surface area contributed by atoms with Crippen molar-refractivity contribution in [1.82, 2.24) is 9.97 Å². The van der Waals surface area contributed by atoms with Crippen molar-refractivity contribution >= 4 is 28.3 Å². The minimum Gasteiger partial charge on any atom is -0.506 e. The third kappa shape index (κ3) is 1.54. The number of aromatic carboxylic acids is 1. The molecule has 2 heterocycles. The quantitative estimate of drug-likeness (QED) is 0.661. The fourth-order valence-corrected chi connectivity index (χ4v) is 2.45. The molecule has 0 unspecified atom stereocenters. The molecule has 0 atom stereocenters. The van der Waals surface area contributed by atoms with Crippen LogP contribution in [-0.4, -0.2) is 26.2 Å². The molecule has 0 amide bonds. The number of carboxylic acid groups (broad SMARTS) is 1. The molecular formula is C12H8N2O3S. The number of H-pyrrole nitrogens is 1. The van der Waals surface area contributed by atoms with Gasteiger partial charge in [-0.25, -0.2) is 9.78 Å². The summed E-state index contributed by atoms with van der Waals surface area (Å²) in [6, 6.07) is 6.45. The molecule has 2 aromatic heterocycles. The van der Waals surface area contributed by atoms with E-state index in [1.54, 1.807) is 0 Å². The first-order valence-electron chi connectivity index (χ1n) is 5.15. The van der Waals surface area contributed by atoms with Gasteiger partial charge in [-0.15, -0.1) is 11.3 Å². The Balaban J connectivity index is 2.31. The summed E-state index contributed by atoms with van der Waals surface area (Å²) in [6.07, 6.45) is 0. The maximum Gasteiger partial charge on any atom is 0.337 e. The number of imidazole rings is 1. The van der Waals surface area contributed by atoms with Gasteiger partial charge in [-0.05, 0) is 23.6 Å². The number of hydrogen-bond donors (Lipinski definition) is 3. The van der Waals surface area contributed by atoms with E-state index in [2.05, 4.69) is 9.97 Å². The van der Waals surface area contributed by atoms with Gasteiger partial charge in [-0.2, -0.15) is 0 Å². The number of carbonyl (C=O) groups is 1. The molecule has 0 aliphatic heterocycles. The predicted octanol–water partition coefficient (Wildman–Crippen LogP) is 2.70. The zero-order valence-electron chi connectivity index (χ0n) is 9.04. The smallest absolute Gasteiger partial charge is 0.337 e. The molecule has 3 N–H and O–H groups in total. The first kappa shape index (κ1) is 10.8. The maximum atomic E-state index is 11.1. The maximum absolute atomic E-state index is 11.1. The average molecular weight is 260 g/mol. The second kappa shape index (κ2) is 3.85. The standard InChI is InChI=1S/C12H8N2O3S/c15-7-4-3-6(12(16)17)9-10(7)14-11(13-9)8-2-1-5-18-8/h1-5,15H,(H,13,14)(H,16,17). The van der Waals surface area contributed by atoms with Crippen molar-refractivity contribution in [3.05, 3.63) is 35.2 Å². The minimum atomic E-state index is -1.07. The van der Waals surface area contributed by atoms with E-state index in [4.69, 9.17) is 5.11 Å². The van der Waals surface area contributed by atoms with Crippen LogP contribution in [0.4, 0.5) is 0 Å². The number of carboxylic acids is 1. The molecule has 0 aliphatic carbocycles. The third-order valence-corrected chi connectivity index (χ3v) is 3.48. The van der Waals surface area contributed by atoms with Gasteiger partial charge in [0.15, 0.2) is 0 Å². The van der Waals surface area contributed by atoms with Crippen molar-refractivity contribution in [2.45, 2.75) is 0 Å². The topological polar surface area (TPSA) is 86.2 Å². The fourth-order valence-electron chi connectivity index (χ4n) is 1.78. The Bertz CT molecular complexity index is 731. The monoisotopic (exact) mass is 260 g/mol. The third-order valence-electron chi connectivity index (χ3n) is 2.61. The summed E-state index contributed by atoms with van der Waals surface area (Å²) < 4.78 is 0. The zero-order valence-corrected chi connectivity index (χ0v) is 9.86. The number of nitrogens with zero attached hydrogens (tertiary/aromatic N) is 1. The minimum absolute atomic E-state index is 0.00898. The van der Waals surface area contributed by atoms with Gasteiger partial charge in [0.1, 0.15) is 22.6 Å². The lowest BCUT2D eigenvalue weighted by atomic mass is 10.2. The number of fused-ring (bicyclic) bond motifs is 1. The highest BCUT2D eigenvalue weighted by molar-refractivity contribution is 7.13. The van der Waals surface area contributed by atoms with E-state index in [0.717, 1.165) is 4.88 Å². The van der Waals surface area contributed by atoms with Crippen molar-refractivity contribution in [3.63, 3.8) is 0 Å². The number of phenols is 1. The zero-order chi connectivity index (χ0) is 12.7. The van der Waals surface area contributed by atoms with Gasteiger partial charge >= 0.3 is 5.97 Å². The highest BCUT2D eigenvalue weighted by Gasteiger charge is 2.16. The second-order valence-electron chi connectivity index (χ2n) is 3.72. The Morgan fingerprint density at radius 1 is 1.33 bits per heavy atom. The molecule has 0 fully saturated rings. The van der Waals surface area contributed by atoms with Crippen LogP contribution in [-0.2, 0) is 0 Å². The molecule has 0 saturated heterocycles. The highest BCUT2D eigenvalue weighted by atomic mass is 32.1. The number of rotatable bonds is 2. The average Bonchev–Trinajstić information content (AvgIpc) is 2.97. The molecule has 1 aromatic carbocycles. The summed E-state index contributed by atoms with van der Waals surface area (Å²) in [5.74, 6) is -0.515. The Hall–Kier alpha value is -2.34. The van der Waals surface area contributed by atoms with Crippen molar-refractivity contribution < 1.29 is 15.0 Å². The first-order valence-corrected chi connectivity index (χ1v) is 6.03. The van der Waals surface area contributed by atoms with Crippen molar-refractivity contribution in [2.24, 2.45) is 0 Å². The molecular weight excluding hydrogens is 252 g/mol. The Labute approximate surface area is 105 Å². The van der Waals surface area contributed by atoms with Crippen LogP contribution in [0, 0.1) is 0 Å². The SMILES string of the molecule is O=C(O)c1ccc(O)c2[nH]c(-c3cccs3)nc12. The molecule has 0 saturated carbocycles. The van der Waals surface area contributed by atoms with Crippen LogP contribution in [0.3, 0.4) is 0 Å². The highest BCUT2D eigenvalue weighted by Crippen LogP contribution is 2.30. The van der Waals surface area contributed by atoms with Crippen LogP contribution < -0.4 is 0 Å². The summed E-state index contributed by atoms with van der Waals surface area (Å²) in [5.41, 5.74) is 0.686. The second-order valence-corrected chi connectivity index (χ2v) is 4.67. The van der Waals surface area contributed by atoms with E-state index >= 15 is 0 Å². The van der Waals surface area contributed by atoms with E-state index in [0.29, 0.717) is 11.3 Å². The lowest BCUT2D eigenvalue weighted by Crippen LogP contribution is -1.97. The van der Waals surface area contributed by atoms with Gasteiger partial charge in [0.25, 0.3) is 0 Å². The van der Waals surface area contributed by atoms with Crippen molar-refractivity contribution in [3.8, 4) is 16.5 Å². The summed E-state index contributed by atoms with van der Waals surface area (Å²) in [6.45, 7) is 0. The molecule has 0 radical (unpaired) electrons. The van der Waals surface area contributed by atoms with Gasteiger partial charge in [0.05, 0.1) is 10.4 Å². The molecule has 0 spiro atoms. The molecule has 0 bridgehead atoms. The van der Waals surface area contributed by atoms with Crippen LogP contribution in [0.25, 0.3) is 21.7 Å². The molecule has 5 nitrogen and oxygen atoms in total. The lowest BCUT2D eigenvalue weighted by molar-refractivity contribution is 0.0699. The fraction of sp³-hybridized carbons (Fsp3) is 0. The molecule has 90 valence electrons. The normalized spacial score (nSPS) is 10.9. The van der Waals surface area contributed by atoms with E-state index in [9.17, 15) is 9.90 Å². The summed E-state index contributed by atoms with van der Waals surface area (Å²) in [5, 5.41) is 20.7. The summed E-state index contributed by atoms with van der Waals surface area (Å²) in [7, 11) is 0. The number of benzene rings is 1. The number of hydrogen-bond acceptors (Lipinski definition) is 4. The number of aromatic amines is 1. The Kier molecular flexibility index (Phi) is 2.31. The first-order chi connectivity index (χ1) is 8.66. The number of thiophene rings is 1. The number of aromatic nitrogens is 2. The van der Waals surface area contributed by atoms with Crippen LogP contribution in [0.2, 0.25) is 0 Å². The van der Waals surface area contributed by atoms with Crippen LogP contribution in [0.1, 0.15) is 10.4 Å². The van der Waals surface area contributed by atoms with Crippen LogP contribution >= 0.6 is 11.3 Å². The van der Waals surface area contributed by atoms with Crippen molar-refractivity contribution in [1.29, 1.82) is 0 Å². The van der Waals surface area contributed by atoms with Gasteiger partial charge in [0, 0.05) is 0 Å². The summed E-state index contributed by atoms with van der Waals surface area (Å²) >= 11 is 1.49. The number of aromatic hydroxyl groups is 1. The van der Waals surface area contributed by atoms with Gasteiger partial charge in [0.2, 0.25) is 0 Å². The Morgan fingerprint density at radius 3 is 2.83 bits per heavy atom. The Morgan fingerprint density at radius 2 is 2.17 bits per heavy atom. The number of nitrogens with one attached hydrogen (secondary N) is 1. The lowest BCUT2D eigenvalue weighted by Gasteiger charge is -1.97. The van der Waals surface area contributed by atoms with Gasteiger partial charge < -0.3 is 15.2 Å². The molecule has 3 rings (SSSR count). The van der Waals surface area contributed by atoms with E-state index in [1.165, 1.54) is 23.5 Å². The van der Waals surface area contributed by atoms with Gasteiger partial charge in [-0.3, -0.25) is 0 Å². The molecule has 6 heteroatoms. The summed E-state index contributed by atoms with van der Waals surface area (Å²) in [4.78, 5) is 19.2. The van der Waals surface area contributed by atoms with E-state index in [-0.39, 0.29) is 16.8 Å². The largest absolute Gasteiger partial charge is 0.506 e. The number of phenolic OH excluding ortho intramolecular Hbond substituents is 1. The van der Waals surface area contributed by atoms with E-state index < -0.39 is 5.97 Å². The molecule has 18 heavy (non-hydrogen) atoms. The van der Waals surface area contributed by atoms with Crippen molar-refractivity contribution in [2.75, 3.05) is 0 Å². The molecule has 3 aromatic rings. The molecule has 0 aliphatic rings. The van der Waals surface area contributed by atoms with Crippen LogP contribution in [0.5, 0.6) is 5.75 Å².